The zero-order valence-electron chi connectivity index (χ0n) is 14.4. The molecule has 0 spiro atoms. The number of hydrogen-bond acceptors (Lipinski definition) is 6. The van der Waals surface area contributed by atoms with Crippen molar-refractivity contribution in [2.75, 3.05) is 31.1 Å². The summed E-state index contributed by atoms with van der Waals surface area (Å²) in [6, 6.07) is 3.47. The van der Waals surface area contributed by atoms with Crippen LogP contribution in [0, 0.1) is 0 Å². The first-order chi connectivity index (χ1) is 12.1. The van der Waals surface area contributed by atoms with Crippen molar-refractivity contribution in [3.63, 3.8) is 0 Å². The zero-order chi connectivity index (χ0) is 17.4. The van der Waals surface area contributed by atoms with Gasteiger partial charge in [0.1, 0.15) is 17.5 Å². The molecule has 2 aromatic heterocycles. The van der Waals surface area contributed by atoms with Crippen molar-refractivity contribution in [1.29, 1.82) is 0 Å². The lowest BCUT2D eigenvalue weighted by Gasteiger charge is -2.35. The maximum absolute atomic E-state index is 11.6. The van der Waals surface area contributed by atoms with E-state index in [0.29, 0.717) is 17.3 Å². The number of hydrogen-bond donors (Lipinski definition) is 1. The van der Waals surface area contributed by atoms with Gasteiger partial charge < -0.3 is 15.2 Å². The van der Waals surface area contributed by atoms with Gasteiger partial charge in [-0.3, -0.25) is 9.69 Å². The van der Waals surface area contributed by atoms with Crippen LogP contribution in [-0.2, 0) is 13.6 Å². The molecule has 0 aromatic carbocycles. The van der Waals surface area contributed by atoms with Gasteiger partial charge in [0.05, 0.1) is 12.1 Å². The largest absolute Gasteiger partial charge is 0.365 e. The van der Waals surface area contributed by atoms with Gasteiger partial charge in [0.2, 0.25) is 0 Å². The summed E-state index contributed by atoms with van der Waals surface area (Å²) in [5.74, 6) is 3.00. The van der Waals surface area contributed by atoms with Crippen LogP contribution in [0.2, 0.25) is 0 Å². The van der Waals surface area contributed by atoms with Crippen molar-refractivity contribution in [2.24, 2.45) is 12.8 Å². The number of primary amides is 1. The van der Waals surface area contributed by atoms with E-state index >= 15 is 0 Å². The highest BCUT2D eigenvalue weighted by Gasteiger charge is 2.30. The molecule has 132 valence electrons. The molecule has 1 saturated heterocycles. The van der Waals surface area contributed by atoms with Crippen molar-refractivity contribution in [2.45, 2.75) is 25.3 Å². The van der Waals surface area contributed by atoms with Crippen LogP contribution in [0.3, 0.4) is 0 Å². The Morgan fingerprint density at radius 3 is 2.68 bits per heavy atom. The number of amides is 1. The van der Waals surface area contributed by atoms with Gasteiger partial charge in [0, 0.05) is 45.3 Å². The molecule has 0 radical (unpaired) electrons. The van der Waals surface area contributed by atoms with E-state index in [9.17, 15) is 4.79 Å². The maximum atomic E-state index is 11.6. The fraction of sp³-hybridized carbons (Fsp3) is 0.529. The number of anilines is 1. The first-order valence-corrected chi connectivity index (χ1v) is 8.74. The number of aromatic nitrogens is 4. The SMILES string of the molecule is Cn1c(CN2CCN(c3ncccc3C(N)=O)CC2)nnc1C1CC1. The van der Waals surface area contributed by atoms with E-state index in [0.717, 1.165) is 44.4 Å². The number of nitrogens with zero attached hydrogens (tertiary/aromatic N) is 6. The van der Waals surface area contributed by atoms with Crippen LogP contribution in [0.1, 0.15) is 40.8 Å². The van der Waals surface area contributed by atoms with Gasteiger partial charge in [-0.1, -0.05) is 0 Å². The minimum absolute atomic E-state index is 0.433. The lowest BCUT2D eigenvalue weighted by molar-refractivity contribution is 0.1000. The summed E-state index contributed by atoms with van der Waals surface area (Å²) in [4.78, 5) is 20.4. The first-order valence-electron chi connectivity index (χ1n) is 8.74. The molecule has 8 heteroatoms. The topological polar surface area (TPSA) is 93.2 Å². The molecule has 0 unspecified atom stereocenters. The third-order valence-corrected chi connectivity index (χ3v) is 5.03. The van der Waals surface area contributed by atoms with Gasteiger partial charge in [0.15, 0.2) is 0 Å². The molecular weight excluding hydrogens is 318 g/mol. The molecule has 0 bridgehead atoms. The highest BCUT2D eigenvalue weighted by molar-refractivity contribution is 5.97. The Morgan fingerprint density at radius 2 is 2.00 bits per heavy atom. The lowest BCUT2D eigenvalue weighted by Crippen LogP contribution is -2.47. The predicted molar refractivity (Wildman–Crippen MR) is 93.2 cm³/mol. The highest BCUT2D eigenvalue weighted by atomic mass is 16.1. The average Bonchev–Trinajstić information content (AvgIpc) is 3.41. The van der Waals surface area contributed by atoms with E-state index in [1.54, 1.807) is 18.3 Å². The Hall–Kier alpha value is -2.48. The third kappa shape index (κ3) is 3.21. The Balaban J connectivity index is 1.40. The van der Waals surface area contributed by atoms with Crippen LogP contribution in [0.15, 0.2) is 18.3 Å². The summed E-state index contributed by atoms with van der Waals surface area (Å²) in [6.45, 7) is 4.20. The normalized spacial score (nSPS) is 18.5. The van der Waals surface area contributed by atoms with E-state index in [-0.39, 0.29) is 0 Å². The Bertz CT molecular complexity index is 775. The fourth-order valence-electron chi connectivity index (χ4n) is 3.37. The van der Waals surface area contributed by atoms with Crippen LogP contribution >= 0.6 is 0 Å². The Kier molecular flexibility index (Phi) is 4.12. The monoisotopic (exact) mass is 341 g/mol. The third-order valence-electron chi connectivity index (χ3n) is 5.03. The van der Waals surface area contributed by atoms with E-state index in [1.807, 2.05) is 0 Å². The standard InChI is InChI=1S/C17H23N7O/c1-22-14(20-21-16(22)12-4-5-12)11-23-7-9-24(10-8-23)17-13(15(18)25)3-2-6-19-17/h2-3,6,12H,4-5,7-11H2,1H3,(H2,18,25). The summed E-state index contributed by atoms with van der Waals surface area (Å²) in [5.41, 5.74) is 5.95. The maximum Gasteiger partial charge on any atom is 0.252 e. The molecule has 3 heterocycles. The van der Waals surface area contributed by atoms with Crippen molar-refractivity contribution >= 4 is 11.7 Å². The van der Waals surface area contributed by atoms with E-state index in [1.165, 1.54) is 12.8 Å². The van der Waals surface area contributed by atoms with Crippen LogP contribution in [0.5, 0.6) is 0 Å². The summed E-state index contributed by atoms with van der Waals surface area (Å²) in [7, 11) is 2.06. The van der Waals surface area contributed by atoms with Crippen LogP contribution in [0.4, 0.5) is 5.82 Å². The molecule has 4 rings (SSSR count). The number of pyridine rings is 1. The van der Waals surface area contributed by atoms with Gasteiger partial charge in [-0.2, -0.15) is 0 Å². The Labute approximate surface area is 146 Å². The van der Waals surface area contributed by atoms with Crippen molar-refractivity contribution < 1.29 is 4.79 Å². The second kappa shape index (κ2) is 6.44. The van der Waals surface area contributed by atoms with E-state index in [2.05, 4.69) is 36.6 Å². The quantitative estimate of drug-likeness (QED) is 0.852. The predicted octanol–water partition coefficient (Wildman–Crippen LogP) is 0.509. The van der Waals surface area contributed by atoms with Crippen LogP contribution < -0.4 is 10.6 Å². The summed E-state index contributed by atoms with van der Waals surface area (Å²) < 4.78 is 2.15. The molecule has 2 aromatic rings. The van der Waals surface area contributed by atoms with Gasteiger partial charge in [-0.25, -0.2) is 4.98 Å². The molecule has 25 heavy (non-hydrogen) atoms. The molecular formula is C17H23N7O. The van der Waals surface area contributed by atoms with Gasteiger partial charge in [-0.15, -0.1) is 10.2 Å². The fourth-order valence-corrected chi connectivity index (χ4v) is 3.37. The summed E-state index contributed by atoms with van der Waals surface area (Å²) in [5, 5.41) is 8.72. The van der Waals surface area contributed by atoms with Crippen LogP contribution in [-0.4, -0.2) is 56.7 Å². The molecule has 2 aliphatic rings. The minimum Gasteiger partial charge on any atom is -0.365 e. The van der Waals surface area contributed by atoms with Gasteiger partial charge in [-0.05, 0) is 25.0 Å². The zero-order valence-corrected chi connectivity index (χ0v) is 14.4. The average molecular weight is 341 g/mol. The number of carbonyl (C=O) groups is 1. The second-order valence-electron chi connectivity index (χ2n) is 6.81. The molecule has 1 amide bonds. The molecule has 2 N–H and O–H groups in total. The first kappa shape index (κ1) is 16.0. The molecule has 1 aliphatic carbocycles. The number of rotatable bonds is 5. The molecule has 0 atom stereocenters. The number of nitrogens with two attached hydrogens (primary N) is 1. The van der Waals surface area contributed by atoms with Crippen LogP contribution in [0.25, 0.3) is 0 Å². The second-order valence-corrected chi connectivity index (χ2v) is 6.81. The molecule has 8 nitrogen and oxygen atoms in total. The number of piperazine rings is 1. The van der Waals surface area contributed by atoms with Gasteiger partial charge in [0.25, 0.3) is 5.91 Å². The van der Waals surface area contributed by atoms with Gasteiger partial charge >= 0.3 is 0 Å². The highest BCUT2D eigenvalue weighted by Crippen LogP contribution is 2.38. The summed E-state index contributed by atoms with van der Waals surface area (Å²) >= 11 is 0. The van der Waals surface area contributed by atoms with Crippen molar-refractivity contribution in [3.8, 4) is 0 Å². The van der Waals surface area contributed by atoms with E-state index in [4.69, 9.17) is 5.73 Å². The van der Waals surface area contributed by atoms with Crippen molar-refractivity contribution in [1.82, 2.24) is 24.6 Å². The van der Waals surface area contributed by atoms with Crippen molar-refractivity contribution in [3.05, 3.63) is 35.5 Å². The lowest BCUT2D eigenvalue weighted by atomic mass is 10.2. The Morgan fingerprint density at radius 1 is 1.24 bits per heavy atom. The molecule has 1 aliphatic heterocycles. The summed E-state index contributed by atoms with van der Waals surface area (Å²) in [6.07, 6.45) is 4.17. The van der Waals surface area contributed by atoms with E-state index < -0.39 is 5.91 Å². The minimum atomic E-state index is -0.433. The molecule has 2 fully saturated rings. The number of carbonyl (C=O) groups excluding carboxylic acids is 1. The smallest absolute Gasteiger partial charge is 0.252 e. The molecule has 1 saturated carbocycles.